The minimum Gasteiger partial charge on any atom is -0.497 e. The number of aromatic nitrogens is 1. The molecule has 0 radical (unpaired) electrons. The van der Waals surface area contributed by atoms with Crippen molar-refractivity contribution in [3.63, 3.8) is 0 Å². The van der Waals surface area contributed by atoms with Gasteiger partial charge in [-0.25, -0.2) is 4.98 Å². The summed E-state index contributed by atoms with van der Waals surface area (Å²) in [5.74, 6) is 0.508. The van der Waals surface area contributed by atoms with Crippen molar-refractivity contribution < 1.29 is 22.7 Å². The lowest BCUT2D eigenvalue weighted by molar-refractivity contribution is -0.140. The second-order valence-corrected chi connectivity index (χ2v) is 4.61. The van der Waals surface area contributed by atoms with E-state index in [4.69, 9.17) is 4.74 Å². The molecule has 0 atom stereocenters. The van der Waals surface area contributed by atoms with E-state index in [1.54, 1.807) is 24.3 Å². The van der Waals surface area contributed by atoms with Gasteiger partial charge < -0.3 is 4.74 Å². The monoisotopic (exact) mass is 287 g/mol. The predicted molar refractivity (Wildman–Crippen MR) is 64.5 cm³/mol. The number of ether oxygens (including phenoxy) is 1. The molecule has 0 saturated carbocycles. The number of nitrogens with zero attached hydrogens (tertiary/aromatic N) is 1. The molecule has 0 unspecified atom stereocenters. The largest absolute Gasteiger partial charge is 0.497 e. The first kappa shape index (κ1) is 13.5. The molecule has 0 aliphatic carbocycles. The maximum Gasteiger partial charge on any atom is 0.434 e. The molecule has 0 fully saturated rings. The number of aldehydes is 1. The summed E-state index contributed by atoms with van der Waals surface area (Å²) in [4.78, 5) is 13.8. The molecule has 0 N–H and O–H groups in total. The molecule has 0 saturated heterocycles. The third kappa shape index (κ3) is 2.76. The van der Waals surface area contributed by atoms with Crippen LogP contribution in [0.1, 0.15) is 15.4 Å². The highest BCUT2D eigenvalue weighted by atomic mass is 32.1. The zero-order valence-corrected chi connectivity index (χ0v) is 10.5. The Hall–Kier alpha value is -1.89. The van der Waals surface area contributed by atoms with Crippen molar-refractivity contribution in [2.45, 2.75) is 6.18 Å². The van der Waals surface area contributed by atoms with Gasteiger partial charge in [0.05, 0.1) is 12.0 Å². The van der Waals surface area contributed by atoms with Gasteiger partial charge >= 0.3 is 6.18 Å². The summed E-state index contributed by atoms with van der Waals surface area (Å²) in [6.07, 6.45) is -4.46. The van der Waals surface area contributed by atoms with Crippen LogP contribution in [-0.4, -0.2) is 18.4 Å². The van der Waals surface area contributed by atoms with Crippen molar-refractivity contribution in [2.24, 2.45) is 0 Å². The summed E-state index contributed by atoms with van der Waals surface area (Å²) < 4.78 is 43.0. The van der Waals surface area contributed by atoms with Gasteiger partial charge in [0, 0.05) is 5.56 Å². The second kappa shape index (κ2) is 5.00. The molecule has 2 aromatic rings. The average molecular weight is 287 g/mol. The van der Waals surface area contributed by atoms with Crippen LogP contribution >= 0.6 is 11.3 Å². The Morgan fingerprint density at radius 2 is 2.11 bits per heavy atom. The summed E-state index contributed by atoms with van der Waals surface area (Å²) >= 11 is 0.704. The number of rotatable bonds is 3. The Bertz CT molecular complexity index is 607. The highest BCUT2D eigenvalue weighted by Crippen LogP contribution is 2.37. The van der Waals surface area contributed by atoms with Crippen molar-refractivity contribution in [1.82, 2.24) is 4.98 Å². The quantitative estimate of drug-likeness (QED) is 0.809. The fourth-order valence-corrected chi connectivity index (χ4v) is 2.39. The molecule has 1 aromatic heterocycles. The standard InChI is InChI=1S/C12H8F3NO2S/c1-18-8-4-2-3-7(5-8)11-16-10(12(13,14)15)9(6-17)19-11/h2-6H,1H3. The van der Waals surface area contributed by atoms with E-state index in [2.05, 4.69) is 4.98 Å². The highest BCUT2D eigenvalue weighted by Gasteiger charge is 2.37. The van der Waals surface area contributed by atoms with E-state index in [-0.39, 0.29) is 11.3 Å². The lowest BCUT2D eigenvalue weighted by Gasteiger charge is -2.02. The Kier molecular flexibility index (Phi) is 3.57. The summed E-state index contributed by atoms with van der Waals surface area (Å²) in [6.45, 7) is 0. The van der Waals surface area contributed by atoms with E-state index < -0.39 is 16.7 Å². The topological polar surface area (TPSA) is 39.2 Å². The molecular formula is C12H8F3NO2S. The Balaban J connectivity index is 2.51. The first-order valence-corrected chi connectivity index (χ1v) is 5.95. The van der Waals surface area contributed by atoms with Crippen LogP contribution in [0.25, 0.3) is 10.6 Å². The van der Waals surface area contributed by atoms with E-state index >= 15 is 0 Å². The summed E-state index contributed by atoms with van der Waals surface area (Å²) in [6, 6.07) is 6.48. The maximum atomic E-state index is 12.7. The van der Waals surface area contributed by atoms with Crippen molar-refractivity contribution >= 4 is 17.6 Å². The first-order chi connectivity index (χ1) is 8.95. The van der Waals surface area contributed by atoms with E-state index in [0.717, 1.165) is 0 Å². The lowest BCUT2D eigenvalue weighted by Crippen LogP contribution is -2.08. The summed E-state index contributed by atoms with van der Waals surface area (Å²) in [7, 11) is 1.46. The maximum absolute atomic E-state index is 12.7. The van der Waals surface area contributed by atoms with Crippen LogP contribution in [0, 0.1) is 0 Å². The number of thiazole rings is 1. The molecule has 0 aliphatic rings. The minimum atomic E-state index is -4.64. The Morgan fingerprint density at radius 1 is 1.37 bits per heavy atom. The normalized spacial score (nSPS) is 11.4. The first-order valence-electron chi connectivity index (χ1n) is 5.13. The number of hydrogen-bond donors (Lipinski definition) is 0. The lowest BCUT2D eigenvalue weighted by atomic mass is 10.2. The highest BCUT2D eigenvalue weighted by molar-refractivity contribution is 7.16. The third-order valence-corrected chi connectivity index (χ3v) is 3.38. The minimum absolute atomic E-state index is 0.133. The smallest absolute Gasteiger partial charge is 0.434 e. The molecule has 0 spiro atoms. The number of benzene rings is 1. The number of hydrogen-bond acceptors (Lipinski definition) is 4. The SMILES string of the molecule is COc1cccc(-c2nc(C(F)(F)F)c(C=O)s2)c1. The van der Waals surface area contributed by atoms with Gasteiger partial charge in [0.1, 0.15) is 10.8 Å². The van der Waals surface area contributed by atoms with Gasteiger partial charge in [-0.2, -0.15) is 13.2 Å². The second-order valence-electron chi connectivity index (χ2n) is 3.58. The van der Waals surface area contributed by atoms with Gasteiger partial charge in [-0.05, 0) is 12.1 Å². The zero-order chi connectivity index (χ0) is 14.0. The Labute approximate surface area is 110 Å². The Morgan fingerprint density at radius 3 is 2.63 bits per heavy atom. The molecule has 2 rings (SSSR count). The number of halogens is 3. The molecule has 100 valence electrons. The molecule has 7 heteroatoms. The molecular weight excluding hydrogens is 279 g/mol. The van der Waals surface area contributed by atoms with Crippen molar-refractivity contribution in [2.75, 3.05) is 7.11 Å². The van der Waals surface area contributed by atoms with Crippen molar-refractivity contribution in [3.8, 4) is 16.3 Å². The molecule has 1 heterocycles. The van der Waals surface area contributed by atoms with Gasteiger partial charge in [0.15, 0.2) is 12.0 Å². The van der Waals surface area contributed by atoms with Crippen LogP contribution in [0.15, 0.2) is 24.3 Å². The van der Waals surface area contributed by atoms with Crippen LogP contribution < -0.4 is 4.74 Å². The number of alkyl halides is 3. The van der Waals surface area contributed by atoms with Crippen LogP contribution in [-0.2, 0) is 6.18 Å². The van der Waals surface area contributed by atoms with Gasteiger partial charge in [0.2, 0.25) is 0 Å². The molecule has 1 aromatic carbocycles. The van der Waals surface area contributed by atoms with Crippen molar-refractivity contribution in [3.05, 3.63) is 34.8 Å². The van der Waals surface area contributed by atoms with Gasteiger partial charge in [0.25, 0.3) is 0 Å². The predicted octanol–water partition coefficient (Wildman–Crippen LogP) is 3.65. The molecule has 0 bridgehead atoms. The van der Waals surface area contributed by atoms with E-state index in [9.17, 15) is 18.0 Å². The van der Waals surface area contributed by atoms with Crippen LogP contribution in [0.5, 0.6) is 5.75 Å². The third-order valence-electron chi connectivity index (χ3n) is 2.35. The summed E-state index contributed by atoms with van der Waals surface area (Å²) in [5.41, 5.74) is -0.673. The number of carbonyl (C=O) groups is 1. The fourth-order valence-electron chi connectivity index (χ4n) is 1.49. The van der Waals surface area contributed by atoms with Crippen molar-refractivity contribution in [1.29, 1.82) is 0 Å². The van der Waals surface area contributed by atoms with E-state index in [1.807, 2.05) is 0 Å². The van der Waals surface area contributed by atoms with Crippen LogP contribution in [0.3, 0.4) is 0 Å². The van der Waals surface area contributed by atoms with Crippen LogP contribution in [0.2, 0.25) is 0 Å². The average Bonchev–Trinajstić information content (AvgIpc) is 2.83. The van der Waals surface area contributed by atoms with E-state index in [0.29, 0.717) is 22.6 Å². The van der Waals surface area contributed by atoms with E-state index in [1.165, 1.54) is 7.11 Å². The van der Waals surface area contributed by atoms with Crippen LogP contribution in [0.4, 0.5) is 13.2 Å². The molecule has 19 heavy (non-hydrogen) atoms. The van der Waals surface area contributed by atoms with Gasteiger partial charge in [-0.15, -0.1) is 11.3 Å². The fraction of sp³-hybridized carbons (Fsp3) is 0.167. The number of methoxy groups -OCH3 is 1. The zero-order valence-electron chi connectivity index (χ0n) is 9.69. The van der Waals surface area contributed by atoms with Gasteiger partial charge in [-0.1, -0.05) is 12.1 Å². The van der Waals surface area contributed by atoms with Gasteiger partial charge in [-0.3, -0.25) is 4.79 Å². The molecule has 0 amide bonds. The molecule has 3 nitrogen and oxygen atoms in total. The molecule has 0 aliphatic heterocycles. The summed E-state index contributed by atoms with van der Waals surface area (Å²) in [5, 5.41) is 0.133. The number of carbonyl (C=O) groups excluding carboxylic acids is 1.